The van der Waals surface area contributed by atoms with Crippen LogP contribution >= 0.6 is 11.6 Å². The molecular weight excluding hydrogens is 288 g/mol. The molecule has 7 heteroatoms. The van der Waals surface area contributed by atoms with Gasteiger partial charge < -0.3 is 5.32 Å². The van der Waals surface area contributed by atoms with E-state index in [0.717, 1.165) is 12.8 Å². The molecule has 0 saturated heterocycles. The van der Waals surface area contributed by atoms with Gasteiger partial charge in [0.05, 0.1) is 15.6 Å². The van der Waals surface area contributed by atoms with E-state index in [1.165, 1.54) is 12.1 Å². The molecule has 0 bridgehead atoms. The lowest BCUT2D eigenvalue weighted by molar-refractivity contribution is -0.116. The van der Waals surface area contributed by atoms with Crippen molar-refractivity contribution in [2.75, 3.05) is 5.32 Å². The summed E-state index contributed by atoms with van der Waals surface area (Å²) in [5.41, 5.74) is 1.01. The Bertz CT molecular complexity index is 601. The van der Waals surface area contributed by atoms with Crippen LogP contribution < -0.4 is 10.5 Å². The normalized spacial score (nSPS) is 15.3. The first-order chi connectivity index (χ1) is 8.77. The number of benzene rings is 1. The average Bonchev–Trinajstić information content (AvgIpc) is 3.05. The van der Waals surface area contributed by atoms with E-state index in [0.29, 0.717) is 23.6 Å². The van der Waals surface area contributed by atoms with E-state index in [2.05, 4.69) is 5.32 Å². The molecule has 0 heterocycles. The number of halogens is 1. The van der Waals surface area contributed by atoms with Gasteiger partial charge in [-0.25, -0.2) is 13.6 Å². The van der Waals surface area contributed by atoms with Crippen LogP contribution in [0, 0.1) is 12.8 Å². The molecule has 0 radical (unpaired) electrons. The van der Waals surface area contributed by atoms with Crippen molar-refractivity contribution in [3.63, 3.8) is 0 Å². The van der Waals surface area contributed by atoms with Crippen LogP contribution in [0.5, 0.6) is 0 Å². The first-order valence-electron chi connectivity index (χ1n) is 5.90. The van der Waals surface area contributed by atoms with Crippen LogP contribution in [-0.2, 0) is 14.8 Å². The van der Waals surface area contributed by atoms with Gasteiger partial charge in [0.2, 0.25) is 15.9 Å². The predicted molar refractivity (Wildman–Crippen MR) is 73.5 cm³/mol. The number of nitrogens with one attached hydrogen (secondary N) is 1. The molecule has 104 valence electrons. The Balaban J connectivity index is 2.23. The van der Waals surface area contributed by atoms with Crippen LogP contribution in [0.15, 0.2) is 17.0 Å². The average molecular weight is 303 g/mol. The summed E-state index contributed by atoms with van der Waals surface area (Å²) in [5.74, 6) is 0.374. The zero-order chi connectivity index (χ0) is 14.2. The van der Waals surface area contributed by atoms with E-state index in [1.54, 1.807) is 6.92 Å². The summed E-state index contributed by atoms with van der Waals surface area (Å²) in [6.07, 6.45) is 2.65. The molecule has 19 heavy (non-hydrogen) atoms. The summed E-state index contributed by atoms with van der Waals surface area (Å²) in [6, 6.07) is 2.64. The lowest BCUT2D eigenvalue weighted by Gasteiger charge is -2.12. The standard InChI is InChI=1S/C12H15ClN2O3S/c1-7-4-9(19(14,17)18)6-10(13)12(7)15-11(16)5-8-2-3-8/h4,6,8H,2-3,5H2,1H3,(H,15,16)(H2,14,17,18). The Morgan fingerprint density at radius 3 is 2.58 bits per heavy atom. The Hall–Kier alpha value is -1.11. The third-order valence-corrected chi connectivity index (χ3v) is 4.22. The van der Waals surface area contributed by atoms with Gasteiger partial charge in [-0.3, -0.25) is 4.79 Å². The highest BCUT2D eigenvalue weighted by Crippen LogP contribution is 2.34. The van der Waals surface area contributed by atoms with E-state index in [-0.39, 0.29) is 15.8 Å². The first kappa shape index (κ1) is 14.3. The molecule has 5 nitrogen and oxygen atoms in total. The largest absolute Gasteiger partial charge is 0.325 e. The molecule has 1 fully saturated rings. The zero-order valence-corrected chi connectivity index (χ0v) is 12.0. The van der Waals surface area contributed by atoms with Crippen molar-refractivity contribution in [1.82, 2.24) is 0 Å². The number of carbonyl (C=O) groups excluding carboxylic acids is 1. The Morgan fingerprint density at radius 1 is 1.47 bits per heavy atom. The number of sulfonamides is 1. The lowest BCUT2D eigenvalue weighted by atomic mass is 10.2. The minimum Gasteiger partial charge on any atom is -0.325 e. The van der Waals surface area contributed by atoms with Gasteiger partial charge in [-0.2, -0.15) is 0 Å². The summed E-state index contributed by atoms with van der Waals surface area (Å²) in [5, 5.41) is 7.94. The number of anilines is 1. The third kappa shape index (κ3) is 3.68. The fraction of sp³-hybridized carbons (Fsp3) is 0.417. The van der Waals surface area contributed by atoms with Gasteiger partial charge in [0.1, 0.15) is 0 Å². The molecule has 3 N–H and O–H groups in total. The fourth-order valence-corrected chi connectivity index (χ4v) is 2.81. The SMILES string of the molecule is Cc1cc(S(N)(=O)=O)cc(Cl)c1NC(=O)CC1CC1. The second-order valence-electron chi connectivity index (χ2n) is 4.84. The second kappa shape index (κ2) is 5.11. The minimum absolute atomic E-state index is 0.0600. The summed E-state index contributed by atoms with van der Waals surface area (Å²) in [4.78, 5) is 11.7. The summed E-state index contributed by atoms with van der Waals surface area (Å²) in [6.45, 7) is 1.67. The molecule has 1 aromatic carbocycles. The third-order valence-electron chi connectivity index (χ3n) is 3.02. The molecular formula is C12H15ClN2O3S. The van der Waals surface area contributed by atoms with Crippen LogP contribution in [-0.4, -0.2) is 14.3 Å². The highest BCUT2D eigenvalue weighted by atomic mass is 35.5. The molecule has 0 atom stereocenters. The smallest absolute Gasteiger partial charge is 0.238 e. The van der Waals surface area contributed by atoms with Gasteiger partial charge >= 0.3 is 0 Å². The molecule has 1 aromatic rings. The van der Waals surface area contributed by atoms with Gasteiger partial charge in [-0.05, 0) is 43.4 Å². The van der Waals surface area contributed by atoms with Crippen molar-refractivity contribution in [2.45, 2.75) is 31.1 Å². The summed E-state index contributed by atoms with van der Waals surface area (Å²) in [7, 11) is -3.80. The number of aryl methyl sites for hydroxylation is 1. The number of amides is 1. The van der Waals surface area contributed by atoms with Crippen molar-refractivity contribution >= 4 is 33.2 Å². The van der Waals surface area contributed by atoms with Gasteiger partial charge in [-0.15, -0.1) is 0 Å². The predicted octanol–water partition coefficient (Wildman–Crippen LogP) is 2.03. The Kier molecular flexibility index (Phi) is 3.85. The molecule has 0 aliphatic heterocycles. The summed E-state index contributed by atoms with van der Waals surface area (Å²) < 4.78 is 22.5. The fourth-order valence-electron chi connectivity index (χ4n) is 1.81. The van der Waals surface area contributed by atoms with E-state index in [1.807, 2.05) is 0 Å². The highest BCUT2D eigenvalue weighted by molar-refractivity contribution is 7.89. The first-order valence-corrected chi connectivity index (χ1v) is 7.82. The molecule has 1 saturated carbocycles. The number of rotatable bonds is 4. The highest BCUT2D eigenvalue weighted by Gasteiger charge is 2.25. The van der Waals surface area contributed by atoms with Crippen LogP contribution in [0.4, 0.5) is 5.69 Å². The Morgan fingerprint density at radius 2 is 2.11 bits per heavy atom. The maximum Gasteiger partial charge on any atom is 0.238 e. The molecule has 1 aliphatic rings. The van der Waals surface area contributed by atoms with Crippen molar-refractivity contribution in [1.29, 1.82) is 0 Å². The molecule has 0 spiro atoms. The molecule has 0 aromatic heterocycles. The number of primary sulfonamides is 1. The van der Waals surface area contributed by atoms with Crippen LogP contribution in [0.25, 0.3) is 0 Å². The van der Waals surface area contributed by atoms with Crippen molar-refractivity contribution < 1.29 is 13.2 Å². The number of hydrogen-bond donors (Lipinski definition) is 2. The monoisotopic (exact) mass is 302 g/mol. The Labute approximate surface area is 117 Å². The van der Waals surface area contributed by atoms with Crippen molar-refractivity contribution in [2.24, 2.45) is 11.1 Å². The quantitative estimate of drug-likeness (QED) is 0.892. The van der Waals surface area contributed by atoms with Crippen LogP contribution in [0.2, 0.25) is 5.02 Å². The number of carbonyl (C=O) groups is 1. The molecule has 2 rings (SSSR count). The van der Waals surface area contributed by atoms with E-state index >= 15 is 0 Å². The van der Waals surface area contributed by atoms with E-state index < -0.39 is 10.0 Å². The van der Waals surface area contributed by atoms with E-state index in [9.17, 15) is 13.2 Å². The van der Waals surface area contributed by atoms with E-state index in [4.69, 9.17) is 16.7 Å². The van der Waals surface area contributed by atoms with Crippen molar-refractivity contribution in [3.8, 4) is 0 Å². The minimum atomic E-state index is -3.80. The van der Waals surface area contributed by atoms with Gasteiger partial charge in [0.15, 0.2) is 0 Å². The molecule has 1 amide bonds. The van der Waals surface area contributed by atoms with Gasteiger partial charge in [-0.1, -0.05) is 11.6 Å². The van der Waals surface area contributed by atoms with Crippen molar-refractivity contribution in [3.05, 3.63) is 22.7 Å². The lowest BCUT2D eigenvalue weighted by Crippen LogP contribution is -2.15. The second-order valence-corrected chi connectivity index (χ2v) is 6.81. The zero-order valence-electron chi connectivity index (χ0n) is 10.4. The topological polar surface area (TPSA) is 89.3 Å². The maximum atomic E-state index is 11.7. The molecule has 1 aliphatic carbocycles. The van der Waals surface area contributed by atoms with Crippen LogP contribution in [0.3, 0.4) is 0 Å². The number of hydrogen-bond acceptors (Lipinski definition) is 3. The van der Waals surface area contributed by atoms with Crippen LogP contribution in [0.1, 0.15) is 24.8 Å². The maximum absolute atomic E-state index is 11.7. The molecule has 0 unspecified atom stereocenters. The number of nitrogens with two attached hydrogens (primary N) is 1. The van der Waals surface area contributed by atoms with Gasteiger partial charge in [0, 0.05) is 6.42 Å². The van der Waals surface area contributed by atoms with Gasteiger partial charge in [0.25, 0.3) is 0 Å². The summed E-state index contributed by atoms with van der Waals surface area (Å²) >= 11 is 6.00.